The lowest BCUT2D eigenvalue weighted by atomic mass is 9.94. The lowest BCUT2D eigenvalue weighted by Crippen LogP contribution is -2.10. The molecule has 0 fully saturated rings. The first-order chi connectivity index (χ1) is 25.8. The zero-order valence-electron chi connectivity index (χ0n) is 27.9. The lowest BCUT2D eigenvalue weighted by molar-refractivity contribution is 0.663. The number of benzene rings is 8. The number of hydrogen-bond acceptors (Lipinski definition) is 4. The van der Waals surface area contributed by atoms with Gasteiger partial charge in [0.15, 0.2) is 0 Å². The van der Waals surface area contributed by atoms with Crippen molar-refractivity contribution in [3.05, 3.63) is 176 Å². The molecule has 0 atom stereocenters. The SMILES string of the molecule is c1ccc(-c2ccccc2-c2ccc(N(c3ccc4sc5ccccc5c4c3)c3cccc4oc5ccc6c7ccccc7oc6c5c34)cc2)cc1. The van der Waals surface area contributed by atoms with E-state index in [1.165, 1.54) is 42.4 Å². The minimum absolute atomic E-state index is 0.807. The highest BCUT2D eigenvalue weighted by Gasteiger charge is 2.23. The summed E-state index contributed by atoms with van der Waals surface area (Å²) in [6.45, 7) is 0. The smallest absolute Gasteiger partial charge is 0.147 e. The fraction of sp³-hybridized carbons (Fsp3) is 0. The molecule has 0 aliphatic heterocycles. The van der Waals surface area contributed by atoms with E-state index in [0.717, 1.165) is 60.9 Å². The van der Waals surface area contributed by atoms with Gasteiger partial charge in [-0.05, 0) is 89.0 Å². The maximum atomic E-state index is 6.61. The zero-order valence-corrected chi connectivity index (χ0v) is 28.7. The fourth-order valence-corrected chi connectivity index (χ4v) is 9.01. The van der Waals surface area contributed by atoms with E-state index in [0.29, 0.717) is 0 Å². The van der Waals surface area contributed by atoms with Crippen LogP contribution in [0.2, 0.25) is 0 Å². The van der Waals surface area contributed by atoms with Crippen LogP contribution in [0, 0.1) is 0 Å². The van der Waals surface area contributed by atoms with Crippen molar-refractivity contribution in [2.45, 2.75) is 0 Å². The molecule has 0 aliphatic rings. The van der Waals surface area contributed by atoms with Crippen molar-refractivity contribution >= 4 is 92.4 Å². The Kier molecular flexibility index (Phi) is 6.42. The minimum Gasteiger partial charge on any atom is -0.456 e. The van der Waals surface area contributed by atoms with Gasteiger partial charge in [0.25, 0.3) is 0 Å². The summed E-state index contributed by atoms with van der Waals surface area (Å²) in [7, 11) is 0. The fourth-order valence-electron chi connectivity index (χ4n) is 7.93. The summed E-state index contributed by atoms with van der Waals surface area (Å²) in [6, 6.07) is 62.5. The Morgan fingerprint density at radius 3 is 1.88 bits per heavy atom. The second kappa shape index (κ2) is 11.5. The highest BCUT2D eigenvalue weighted by molar-refractivity contribution is 7.25. The highest BCUT2D eigenvalue weighted by Crippen LogP contribution is 2.48. The Balaban J connectivity index is 1.16. The van der Waals surface area contributed by atoms with Gasteiger partial charge in [0.05, 0.1) is 16.5 Å². The van der Waals surface area contributed by atoms with Crippen LogP contribution in [0.3, 0.4) is 0 Å². The molecule has 0 spiro atoms. The molecule has 0 bridgehead atoms. The Labute approximate surface area is 303 Å². The number of rotatable bonds is 5. The maximum absolute atomic E-state index is 6.61. The Morgan fingerprint density at radius 2 is 1.04 bits per heavy atom. The van der Waals surface area contributed by atoms with E-state index >= 15 is 0 Å². The van der Waals surface area contributed by atoms with Crippen molar-refractivity contribution in [1.29, 1.82) is 0 Å². The summed E-state index contributed by atoms with van der Waals surface area (Å²) in [5.74, 6) is 0. The second-order valence-corrected chi connectivity index (χ2v) is 14.3. The summed E-state index contributed by atoms with van der Waals surface area (Å²) in [4.78, 5) is 2.37. The molecule has 0 N–H and O–H groups in total. The zero-order chi connectivity index (χ0) is 34.2. The molecule has 0 aliphatic carbocycles. The molecule has 244 valence electrons. The summed E-state index contributed by atoms with van der Waals surface area (Å²) in [5, 5.41) is 6.72. The van der Waals surface area contributed by atoms with Crippen LogP contribution in [-0.2, 0) is 0 Å². The van der Waals surface area contributed by atoms with E-state index in [1.54, 1.807) is 0 Å². The first-order valence-electron chi connectivity index (χ1n) is 17.5. The normalized spacial score (nSPS) is 11.8. The molecule has 4 heteroatoms. The van der Waals surface area contributed by atoms with Crippen LogP contribution in [0.15, 0.2) is 185 Å². The van der Waals surface area contributed by atoms with Crippen molar-refractivity contribution < 1.29 is 8.83 Å². The van der Waals surface area contributed by atoms with Gasteiger partial charge in [-0.25, -0.2) is 0 Å². The minimum atomic E-state index is 0.807. The largest absolute Gasteiger partial charge is 0.456 e. The molecular weight excluding hydrogens is 655 g/mol. The van der Waals surface area contributed by atoms with Crippen LogP contribution >= 0.6 is 11.3 Å². The van der Waals surface area contributed by atoms with Gasteiger partial charge >= 0.3 is 0 Å². The van der Waals surface area contributed by atoms with Crippen LogP contribution in [0.25, 0.3) is 86.3 Å². The van der Waals surface area contributed by atoms with Gasteiger partial charge in [0, 0.05) is 42.3 Å². The van der Waals surface area contributed by atoms with E-state index < -0.39 is 0 Å². The second-order valence-electron chi connectivity index (χ2n) is 13.2. The van der Waals surface area contributed by atoms with Crippen LogP contribution < -0.4 is 4.90 Å². The molecule has 8 aromatic carbocycles. The maximum Gasteiger partial charge on any atom is 0.147 e. The van der Waals surface area contributed by atoms with Crippen LogP contribution in [-0.4, -0.2) is 0 Å². The summed E-state index contributed by atoms with van der Waals surface area (Å²) < 4.78 is 15.8. The lowest BCUT2D eigenvalue weighted by Gasteiger charge is -2.26. The first-order valence-corrected chi connectivity index (χ1v) is 18.3. The predicted molar refractivity (Wildman–Crippen MR) is 219 cm³/mol. The molecule has 3 nitrogen and oxygen atoms in total. The molecule has 3 aromatic heterocycles. The van der Waals surface area contributed by atoms with Crippen molar-refractivity contribution in [3.8, 4) is 22.3 Å². The van der Waals surface area contributed by atoms with Gasteiger partial charge in [0.1, 0.15) is 22.3 Å². The highest BCUT2D eigenvalue weighted by atomic mass is 32.1. The number of furan rings is 2. The van der Waals surface area contributed by atoms with E-state index in [4.69, 9.17) is 8.83 Å². The van der Waals surface area contributed by atoms with Crippen molar-refractivity contribution in [2.75, 3.05) is 4.90 Å². The number of para-hydroxylation sites is 1. The molecule has 0 radical (unpaired) electrons. The van der Waals surface area contributed by atoms with Crippen molar-refractivity contribution in [3.63, 3.8) is 0 Å². The standard InChI is InChI=1S/C48H29NO2S/c1-2-11-30(12-3-1)34-13-4-5-14-35(34)31-21-23-32(24-22-31)49(33-25-28-45-39(29-33)37-16-7-9-20-44(37)52-45)40-17-10-19-42-46(40)47-43(50-42)27-26-38-36-15-6-8-18-41(36)51-48(38)47/h1-29H. The van der Waals surface area contributed by atoms with Crippen molar-refractivity contribution in [2.24, 2.45) is 0 Å². The Hall–Kier alpha value is -6.62. The van der Waals surface area contributed by atoms with E-state index in [9.17, 15) is 0 Å². The third kappa shape index (κ3) is 4.45. The molecule has 52 heavy (non-hydrogen) atoms. The van der Waals surface area contributed by atoms with Crippen molar-refractivity contribution in [1.82, 2.24) is 0 Å². The summed E-state index contributed by atoms with van der Waals surface area (Å²) in [6.07, 6.45) is 0. The predicted octanol–water partition coefficient (Wildman–Crippen LogP) is 14.7. The summed E-state index contributed by atoms with van der Waals surface area (Å²) >= 11 is 1.84. The number of anilines is 3. The molecule has 0 unspecified atom stereocenters. The quantitative estimate of drug-likeness (QED) is 0.181. The van der Waals surface area contributed by atoms with E-state index in [1.807, 2.05) is 23.5 Å². The number of nitrogens with zero attached hydrogens (tertiary/aromatic N) is 1. The number of hydrogen-bond donors (Lipinski definition) is 0. The van der Waals surface area contributed by atoms with Gasteiger partial charge in [-0.2, -0.15) is 0 Å². The van der Waals surface area contributed by atoms with Gasteiger partial charge in [-0.3, -0.25) is 0 Å². The number of fused-ring (bicyclic) bond motifs is 10. The third-order valence-corrected chi connectivity index (χ3v) is 11.4. The molecule has 3 heterocycles. The van der Waals surface area contributed by atoms with Gasteiger partial charge < -0.3 is 13.7 Å². The third-order valence-electron chi connectivity index (χ3n) is 10.3. The topological polar surface area (TPSA) is 29.5 Å². The van der Waals surface area contributed by atoms with Crippen LogP contribution in [0.1, 0.15) is 0 Å². The molecule has 11 rings (SSSR count). The molecular formula is C48H29NO2S. The monoisotopic (exact) mass is 683 g/mol. The van der Waals surface area contributed by atoms with Gasteiger partial charge in [-0.15, -0.1) is 11.3 Å². The average Bonchev–Trinajstić information content (AvgIpc) is 3.90. The first kappa shape index (κ1) is 29.1. The average molecular weight is 684 g/mol. The molecule has 0 saturated heterocycles. The Bertz CT molecular complexity index is 3130. The van der Waals surface area contributed by atoms with E-state index in [2.05, 4.69) is 169 Å². The summed E-state index contributed by atoms with van der Waals surface area (Å²) in [5.41, 5.74) is 11.3. The molecule has 11 aromatic rings. The van der Waals surface area contributed by atoms with Gasteiger partial charge in [0.2, 0.25) is 0 Å². The number of thiophene rings is 1. The molecule has 0 saturated carbocycles. The van der Waals surface area contributed by atoms with Crippen LogP contribution in [0.4, 0.5) is 17.1 Å². The van der Waals surface area contributed by atoms with Gasteiger partial charge in [-0.1, -0.05) is 109 Å². The Morgan fingerprint density at radius 1 is 0.385 bits per heavy atom. The molecule has 0 amide bonds. The van der Waals surface area contributed by atoms with E-state index in [-0.39, 0.29) is 0 Å². The van der Waals surface area contributed by atoms with Crippen LogP contribution in [0.5, 0.6) is 0 Å².